The van der Waals surface area contributed by atoms with E-state index in [0.29, 0.717) is 19.4 Å². The zero-order chi connectivity index (χ0) is 50.6. The summed E-state index contributed by atoms with van der Waals surface area (Å²) in [4.78, 5) is 25.5. The number of rotatable bonds is 50. The first-order valence-electron chi connectivity index (χ1n) is 28.4. The minimum atomic E-state index is -0.593. The monoisotopic (exact) mass is 965 g/mol. The first kappa shape index (κ1) is 65.8. The molecule has 0 aromatic heterocycles. The fourth-order valence-electron chi connectivity index (χ4n) is 7.19. The molecule has 0 amide bonds. The molecule has 0 fully saturated rings. The predicted octanol–water partition coefficient (Wildman–Crippen LogP) is 19.7. The molecule has 0 saturated carbocycles. The Morgan fingerprint density at radius 1 is 0.329 bits per heavy atom. The maximum Gasteiger partial charge on any atom is 0.306 e. The van der Waals surface area contributed by atoms with Crippen molar-refractivity contribution in [2.45, 2.75) is 232 Å². The Morgan fingerprint density at radius 2 is 0.643 bits per heavy atom. The van der Waals surface area contributed by atoms with Gasteiger partial charge in [0.15, 0.2) is 6.10 Å². The van der Waals surface area contributed by atoms with Gasteiger partial charge in [0.05, 0.1) is 6.61 Å². The fourth-order valence-corrected chi connectivity index (χ4v) is 7.19. The highest BCUT2D eigenvalue weighted by molar-refractivity contribution is 5.70. The van der Waals surface area contributed by atoms with E-state index in [1.165, 1.54) is 51.4 Å². The molecule has 1 unspecified atom stereocenters. The van der Waals surface area contributed by atoms with Gasteiger partial charge in [-0.3, -0.25) is 9.59 Å². The van der Waals surface area contributed by atoms with Crippen molar-refractivity contribution >= 4 is 11.9 Å². The van der Waals surface area contributed by atoms with Crippen molar-refractivity contribution in [3.05, 3.63) is 146 Å². The summed E-state index contributed by atoms with van der Waals surface area (Å²) in [6.45, 7) is 7.38. The second kappa shape index (κ2) is 59.1. The van der Waals surface area contributed by atoms with E-state index in [0.717, 1.165) is 141 Å². The van der Waals surface area contributed by atoms with Crippen molar-refractivity contribution < 1.29 is 23.8 Å². The first-order chi connectivity index (χ1) is 34.6. The van der Waals surface area contributed by atoms with E-state index < -0.39 is 6.10 Å². The predicted molar refractivity (Wildman–Crippen MR) is 306 cm³/mol. The summed E-state index contributed by atoms with van der Waals surface area (Å²) in [7, 11) is 0. The van der Waals surface area contributed by atoms with Gasteiger partial charge >= 0.3 is 11.9 Å². The minimum Gasteiger partial charge on any atom is -0.462 e. The smallest absolute Gasteiger partial charge is 0.306 e. The van der Waals surface area contributed by atoms with Gasteiger partial charge < -0.3 is 14.2 Å². The SMILES string of the molecule is CC/C=C\C/C=C\C/C=C\C/C=C\C/C=C\C/C=C\CCCOCC(COC(=O)CCCCCC/C=C\C/C=C\C/C=C\C/C=C\CC)OC(=O)CCCCCCCCC/C=C\C/C=C\CCCCC. The van der Waals surface area contributed by atoms with Gasteiger partial charge in [0.25, 0.3) is 0 Å². The number of carbonyl (C=O) groups is 2. The van der Waals surface area contributed by atoms with Crippen LogP contribution in [0.2, 0.25) is 0 Å². The third-order valence-electron chi connectivity index (χ3n) is 11.3. The van der Waals surface area contributed by atoms with Crippen LogP contribution in [-0.2, 0) is 23.8 Å². The van der Waals surface area contributed by atoms with Crippen molar-refractivity contribution in [2.24, 2.45) is 0 Å². The third kappa shape index (κ3) is 56.4. The zero-order valence-corrected chi connectivity index (χ0v) is 45.2. The highest BCUT2D eigenvalue weighted by Crippen LogP contribution is 2.13. The lowest BCUT2D eigenvalue weighted by Gasteiger charge is -2.18. The molecule has 0 aliphatic carbocycles. The Kier molecular flexibility index (Phi) is 55.5. The van der Waals surface area contributed by atoms with Crippen LogP contribution in [0.3, 0.4) is 0 Å². The van der Waals surface area contributed by atoms with E-state index in [1.54, 1.807) is 0 Å². The summed E-state index contributed by atoms with van der Waals surface area (Å²) < 4.78 is 17.4. The summed E-state index contributed by atoms with van der Waals surface area (Å²) in [5, 5.41) is 0. The largest absolute Gasteiger partial charge is 0.462 e. The maximum atomic E-state index is 12.9. The Balaban J connectivity index is 4.48. The van der Waals surface area contributed by atoms with Gasteiger partial charge in [0.1, 0.15) is 6.61 Å². The van der Waals surface area contributed by atoms with E-state index in [4.69, 9.17) is 14.2 Å². The molecule has 0 aliphatic rings. The van der Waals surface area contributed by atoms with Crippen LogP contribution >= 0.6 is 0 Å². The molecule has 0 rings (SSSR count). The van der Waals surface area contributed by atoms with Crippen molar-refractivity contribution in [1.82, 2.24) is 0 Å². The molecule has 70 heavy (non-hydrogen) atoms. The summed E-state index contributed by atoms with van der Waals surface area (Å²) >= 11 is 0. The Morgan fingerprint density at radius 3 is 1.03 bits per heavy atom. The van der Waals surface area contributed by atoms with Crippen molar-refractivity contribution in [1.29, 1.82) is 0 Å². The van der Waals surface area contributed by atoms with Gasteiger partial charge in [0.2, 0.25) is 0 Å². The van der Waals surface area contributed by atoms with Gasteiger partial charge in [-0.15, -0.1) is 0 Å². The minimum absolute atomic E-state index is 0.0362. The molecule has 0 aromatic rings. The Labute approximate surface area is 431 Å². The number of hydrogen-bond acceptors (Lipinski definition) is 5. The molecule has 0 bridgehead atoms. The Hall–Kier alpha value is -4.22. The second-order valence-electron chi connectivity index (χ2n) is 18.1. The number of esters is 2. The Bertz CT molecular complexity index is 1510. The van der Waals surface area contributed by atoms with Gasteiger partial charge in [-0.25, -0.2) is 0 Å². The van der Waals surface area contributed by atoms with Crippen LogP contribution in [0, 0.1) is 0 Å². The number of allylic oxidation sites excluding steroid dienone is 24. The van der Waals surface area contributed by atoms with Gasteiger partial charge in [0, 0.05) is 19.4 Å². The van der Waals surface area contributed by atoms with Crippen LogP contribution < -0.4 is 0 Å². The quantitative estimate of drug-likeness (QED) is 0.0345. The van der Waals surface area contributed by atoms with E-state index in [2.05, 4.69) is 167 Å². The molecule has 5 nitrogen and oxygen atoms in total. The summed E-state index contributed by atoms with van der Waals surface area (Å²) in [5.74, 6) is -0.475. The summed E-state index contributed by atoms with van der Waals surface area (Å²) in [6, 6.07) is 0. The molecule has 0 heterocycles. The lowest BCUT2D eigenvalue weighted by Crippen LogP contribution is -2.30. The standard InChI is InChI=1S/C65H104O5/c1-4-7-10-13-16-19-22-25-28-31-32-33-36-39-42-45-48-51-54-57-60-68-61-63(70-65(67)59-56-53-50-47-44-41-38-35-30-27-24-21-18-15-12-9-6-3)62-69-64(66)58-55-52-49-46-43-40-37-34-29-26-23-20-17-14-11-8-5-2/h7-8,10-11,16-21,25-30,32-33,37,39-40,42,48,51,63H,4-6,9,12-15,22-24,31,34-36,38,41,43-47,49-50,52-62H2,1-3H3/b10-7-,11-8-,19-16-,20-17-,21-18-,28-25-,29-26-,30-27-,33-32-,40-37-,42-39-,51-48-. The van der Waals surface area contributed by atoms with Crippen molar-refractivity contribution in [3.63, 3.8) is 0 Å². The van der Waals surface area contributed by atoms with Crippen LogP contribution in [0.1, 0.15) is 226 Å². The maximum absolute atomic E-state index is 12.9. The molecule has 0 spiro atoms. The van der Waals surface area contributed by atoms with Gasteiger partial charge in [-0.05, 0) is 135 Å². The van der Waals surface area contributed by atoms with Crippen LogP contribution in [0.4, 0.5) is 0 Å². The topological polar surface area (TPSA) is 61.8 Å². The molecule has 0 N–H and O–H groups in total. The zero-order valence-electron chi connectivity index (χ0n) is 45.2. The molecule has 0 aromatic carbocycles. The first-order valence-corrected chi connectivity index (χ1v) is 28.4. The van der Waals surface area contributed by atoms with Gasteiger partial charge in [-0.1, -0.05) is 224 Å². The molecule has 0 radical (unpaired) electrons. The van der Waals surface area contributed by atoms with Gasteiger partial charge in [-0.2, -0.15) is 0 Å². The van der Waals surface area contributed by atoms with E-state index >= 15 is 0 Å². The average molecular weight is 966 g/mol. The third-order valence-corrected chi connectivity index (χ3v) is 11.3. The number of ether oxygens (including phenoxy) is 3. The van der Waals surface area contributed by atoms with Crippen molar-refractivity contribution in [2.75, 3.05) is 19.8 Å². The highest BCUT2D eigenvalue weighted by Gasteiger charge is 2.17. The lowest BCUT2D eigenvalue weighted by atomic mass is 10.1. The normalized spacial score (nSPS) is 13.4. The summed E-state index contributed by atoms with van der Waals surface area (Å²) in [6.07, 6.45) is 85.9. The highest BCUT2D eigenvalue weighted by atomic mass is 16.6. The van der Waals surface area contributed by atoms with E-state index in [9.17, 15) is 9.59 Å². The number of unbranched alkanes of at least 4 members (excludes halogenated alkanes) is 15. The molecule has 0 aliphatic heterocycles. The summed E-state index contributed by atoms with van der Waals surface area (Å²) in [5.41, 5.74) is 0. The molecule has 0 saturated heterocycles. The molecule has 1 atom stereocenters. The molecular weight excluding hydrogens is 861 g/mol. The number of carbonyl (C=O) groups excluding carboxylic acids is 2. The van der Waals surface area contributed by atoms with E-state index in [1.807, 2.05) is 0 Å². The molecule has 394 valence electrons. The van der Waals surface area contributed by atoms with Crippen LogP contribution in [-0.4, -0.2) is 37.9 Å². The van der Waals surface area contributed by atoms with Crippen LogP contribution in [0.15, 0.2) is 146 Å². The van der Waals surface area contributed by atoms with Crippen LogP contribution in [0.25, 0.3) is 0 Å². The van der Waals surface area contributed by atoms with Crippen molar-refractivity contribution in [3.8, 4) is 0 Å². The average Bonchev–Trinajstić information content (AvgIpc) is 3.36. The number of hydrogen-bond donors (Lipinski definition) is 0. The van der Waals surface area contributed by atoms with Crippen LogP contribution in [0.5, 0.6) is 0 Å². The fraction of sp³-hybridized carbons (Fsp3) is 0.600. The molecular formula is C65H104O5. The second-order valence-corrected chi connectivity index (χ2v) is 18.1. The van der Waals surface area contributed by atoms with E-state index in [-0.39, 0.29) is 25.2 Å². The molecule has 5 heteroatoms. The lowest BCUT2D eigenvalue weighted by molar-refractivity contribution is -0.163.